The predicted octanol–water partition coefficient (Wildman–Crippen LogP) is 3.99. The Labute approximate surface area is 129 Å². The molecular weight excluding hydrogens is 276 g/mol. The third-order valence-corrected chi connectivity index (χ3v) is 3.52. The van der Waals surface area contributed by atoms with Crippen molar-refractivity contribution >= 4 is 11.3 Å². The SMILES string of the molecule is CCCOc1ccn2c(C(C)=O)cc(-c3ccccn3)c2c1. The van der Waals surface area contributed by atoms with Crippen LogP contribution in [0.15, 0.2) is 48.8 Å². The Kier molecular flexibility index (Phi) is 3.92. The summed E-state index contributed by atoms with van der Waals surface area (Å²) in [5.74, 6) is 0.833. The lowest BCUT2D eigenvalue weighted by molar-refractivity contribution is 0.101. The van der Waals surface area contributed by atoms with Crippen molar-refractivity contribution in [3.63, 3.8) is 0 Å². The number of ketones is 1. The quantitative estimate of drug-likeness (QED) is 0.668. The van der Waals surface area contributed by atoms with Gasteiger partial charge in [-0.25, -0.2) is 0 Å². The van der Waals surface area contributed by atoms with E-state index < -0.39 is 0 Å². The highest BCUT2D eigenvalue weighted by Gasteiger charge is 2.15. The van der Waals surface area contributed by atoms with Gasteiger partial charge in [0.05, 0.1) is 23.5 Å². The molecule has 0 aliphatic heterocycles. The number of fused-ring (bicyclic) bond motifs is 1. The highest BCUT2D eigenvalue weighted by molar-refractivity contribution is 5.97. The van der Waals surface area contributed by atoms with Crippen LogP contribution in [0.3, 0.4) is 0 Å². The van der Waals surface area contributed by atoms with Gasteiger partial charge in [0, 0.05) is 30.9 Å². The molecule has 0 saturated heterocycles. The van der Waals surface area contributed by atoms with Gasteiger partial charge in [-0.05, 0) is 30.7 Å². The minimum atomic E-state index is 0.0272. The molecule has 0 aliphatic rings. The number of ether oxygens (including phenoxy) is 1. The average Bonchev–Trinajstić information content (AvgIpc) is 2.93. The summed E-state index contributed by atoms with van der Waals surface area (Å²) in [6, 6.07) is 11.5. The van der Waals surface area contributed by atoms with Gasteiger partial charge in [0.1, 0.15) is 5.75 Å². The molecule has 3 heterocycles. The van der Waals surface area contributed by atoms with Crippen molar-refractivity contribution in [2.75, 3.05) is 6.61 Å². The number of pyridine rings is 2. The molecule has 3 aromatic heterocycles. The summed E-state index contributed by atoms with van der Waals surface area (Å²) in [5.41, 5.74) is 3.36. The summed E-state index contributed by atoms with van der Waals surface area (Å²) in [4.78, 5) is 16.3. The molecule has 0 aromatic carbocycles. The monoisotopic (exact) mass is 294 g/mol. The van der Waals surface area contributed by atoms with Crippen LogP contribution in [0.2, 0.25) is 0 Å². The molecule has 0 radical (unpaired) electrons. The summed E-state index contributed by atoms with van der Waals surface area (Å²) >= 11 is 0. The van der Waals surface area contributed by atoms with Crippen molar-refractivity contribution in [2.45, 2.75) is 20.3 Å². The first-order chi connectivity index (χ1) is 10.7. The summed E-state index contributed by atoms with van der Waals surface area (Å²) in [6.07, 6.45) is 4.59. The van der Waals surface area contributed by atoms with Crippen LogP contribution in [-0.2, 0) is 0 Å². The molecule has 0 spiro atoms. The first-order valence-corrected chi connectivity index (χ1v) is 7.41. The van der Waals surface area contributed by atoms with Gasteiger partial charge in [0.2, 0.25) is 0 Å². The zero-order chi connectivity index (χ0) is 15.5. The number of carbonyl (C=O) groups excluding carboxylic acids is 1. The molecule has 0 N–H and O–H groups in total. The second-order valence-electron chi connectivity index (χ2n) is 5.18. The van der Waals surface area contributed by atoms with Crippen molar-refractivity contribution in [3.05, 3.63) is 54.5 Å². The Hall–Kier alpha value is -2.62. The smallest absolute Gasteiger partial charge is 0.176 e. The lowest BCUT2D eigenvalue weighted by Crippen LogP contribution is -1.99. The van der Waals surface area contributed by atoms with E-state index in [0.717, 1.165) is 28.9 Å². The second kappa shape index (κ2) is 6.02. The predicted molar refractivity (Wildman–Crippen MR) is 86.4 cm³/mol. The van der Waals surface area contributed by atoms with Gasteiger partial charge in [-0.3, -0.25) is 9.78 Å². The average molecular weight is 294 g/mol. The van der Waals surface area contributed by atoms with Crippen LogP contribution in [0, 0.1) is 0 Å². The molecule has 0 atom stereocenters. The van der Waals surface area contributed by atoms with Gasteiger partial charge in [0.15, 0.2) is 5.78 Å². The number of carbonyl (C=O) groups is 1. The Morgan fingerprint density at radius 1 is 1.27 bits per heavy atom. The standard InChI is InChI=1S/C18H18N2O2/c1-3-10-22-14-7-9-20-17(13(2)21)12-15(18(20)11-14)16-6-4-5-8-19-16/h4-9,11-12H,3,10H2,1-2H3. The number of nitrogens with zero attached hydrogens (tertiary/aromatic N) is 2. The third kappa shape index (κ3) is 2.60. The van der Waals surface area contributed by atoms with E-state index in [9.17, 15) is 4.79 Å². The van der Waals surface area contributed by atoms with E-state index >= 15 is 0 Å². The molecule has 22 heavy (non-hydrogen) atoms. The molecule has 0 unspecified atom stereocenters. The molecule has 0 amide bonds. The number of hydrogen-bond donors (Lipinski definition) is 0. The molecule has 0 saturated carbocycles. The van der Waals surface area contributed by atoms with Gasteiger partial charge < -0.3 is 9.14 Å². The van der Waals surface area contributed by atoms with Crippen LogP contribution in [-0.4, -0.2) is 21.8 Å². The van der Waals surface area contributed by atoms with Gasteiger partial charge in [-0.1, -0.05) is 13.0 Å². The lowest BCUT2D eigenvalue weighted by Gasteiger charge is -2.07. The van der Waals surface area contributed by atoms with Crippen LogP contribution in [0.5, 0.6) is 5.75 Å². The van der Waals surface area contributed by atoms with Crippen molar-refractivity contribution in [1.82, 2.24) is 9.38 Å². The summed E-state index contributed by atoms with van der Waals surface area (Å²) in [6.45, 7) is 4.32. The van der Waals surface area contributed by atoms with E-state index in [1.807, 2.05) is 47.0 Å². The van der Waals surface area contributed by atoms with E-state index in [1.165, 1.54) is 0 Å². The fraction of sp³-hybridized carbons (Fsp3) is 0.222. The number of rotatable bonds is 5. The van der Waals surface area contributed by atoms with Gasteiger partial charge in [-0.15, -0.1) is 0 Å². The fourth-order valence-corrected chi connectivity index (χ4v) is 2.49. The summed E-state index contributed by atoms with van der Waals surface area (Å²) in [7, 11) is 0. The Morgan fingerprint density at radius 2 is 2.14 bits per heavy atom. The van der Waals surface area contributed by atoms with Crippen LogP contribution in [0.25, 0.3) is 16.8 Å². The summed E-state index contributed by atoms with van der Waals surface area (Å²) in [5, 5.41) is 0. The van der Waals surface area contributed by atoms with E-state index in [0.29, 0.717) is 12.3 Å². The second-order valence-corrected chi connectivity index (χ2v) is 5.18. The van der Waals surface area contributed by atoms with Crippen LogP contribution in [0.4, 0.5) is 0 Å². The largest absolute Gasteiger partial charge is 0.493 e. The molecule has 0 bridgehead atoms. The van der Waals surface area contributed by atoms with Gasteiger partial charge >= 0.3 is 0 Å². The molecule has 0 aliphatic carbocycles. The molecule has 0 fully saturated rings. The Balaban J connectivity index is 2.19. The van der Waals surface area contributed by atoms with Gasteiger partial charge in [0.25, 0.3) is 0 Å². The van der Waals surface area contributed by atoms with Crippen molar-refractivity contribution in [2.24, 2.45) is 0 Å². The highest BCUT2D eigenvalue weighted by Crippen LogP contribution is 2.29. The van der Waals surface area contributed by atoms with E-state index in [2.05, 4.69) is 11.9 Å². The van der Waals surface area contributed by atoms with Crippen molar-refractivity contribution in [1.29, 1.82) is 0 Å². The zero-order valence-electron chi connectivity index (χ0n) is 12.7. The maximum Gasteiger partial charge on any atom is 0.176 e. The minimum absolute atomic E-state index is 0.0272. The first-order valence-electron chi connectivity index (χ1n) is 7.41. The maximum atomic E-state index is 11.9. The highest BCUT2D eigenvalue weighted by atomic mass is 16.5. The topological polar surface area (TPSA) is 43.6 Å². The third-order valence-electron chi connectivity index (χ3n) is 3.52. The van der Waals surface area contributed by atoms with E-state index in [4.69, 9.17) is 4.74 Å². The van der Waals surface area contributed by atoms with Gasteiger partial charge in [-0.2, -0.15) is 0 Å². The number of hydrogen-bond acceptors (Lipinski definition) is 3. The summed E-state index contributed by atoms with van der Waals surface area (Å²) < 4.78 is 7.60. The van der Waals surface area contributed by atoms with Crippen molar-refractivity contribution < 1.29 is 9.53 Å². The maximum absolute atomic E-state index is 11.9. The van der Waals surface area contributed by atoms with E-state index in [-0.39, 0.29) is 5.78 Å². The molecule has 112 valence electrons. The molecule has 3 rings (SSSR count). The minimum Gasteiger partial charge on any atom is -0.493 e. The first kappa shape index (κ1) is 14.3. The normalized spacial score (nSPS) is 10.8. The van der Waals surface area contributed by atoms with Crippen LogP contribution < -0.4 is 4.74 Å². The molecule has 4 nitrogen and oxygen atoms in total. The Bertz CT molecular complexity index is 807. The molecule has 3 aromatic rings. The number of Topliss-reactive ketones (excluding diaryl/α,β-unsaturated/α-hetero) is 1. The Morgan fingerprint density at radius 3 is 2.82 bits per heavy atom. The van der Waals surface area contributed by atoms with E-state index in [1.54, 1.807) is 13.1 Å². The number of aromatic nitrogens is 2. The molecule has 4 heteroatoms. The molecular formula is C18H18N2O2. The zero-order valence-corrected chi connectivity index (χ0v) is 12.7. The van der Waals surface area contributed by atoms with Crippen LogP contribution in [0.1, 0.15) is 30.8 Å². The lowest BCUT2D eigenvalue weighted by atomic mass is 10.1. The van der Waals surface area contributed by atoms with Crippen LogP contribution >= 0.6 is 0 Å². The van der Waals surface area contributed by atoms with Crippen molar-refractivity contribution in [3.8, 4) is 17.0 Å². The fourth-order valence-electron chi connectivity index (χ4n) is 2.49.